The summed E-state index contributed by atoms with van der Waals surface area (Å²) < 4.78 is 33.9. The number of sulfone groups is 1. The largest absolute Gasteiger partial charge is 0.455 e. The fourth-order valence-corrected chi connectivity index (χ4v) is 10.00. The van der Waals surface area contributed by atoms with Gasteiger partial charge >= 0.3 is 0 Å². The van der Waals surface area contributed by atoms with Gasteiger partial charge in [-0.1, -0.05) is 135 Å². The molecule has 2 heterocycles. The van der Waals surface area contributed by atoms with E-state index in [9.17, 15) is 8.42 Å². The average molecular weight is 718 g/mol. The summed E-state index contributed by atoms with van der Waals surface area (Å²) in [4.78, 5) is 2.88. The molecule has 0 unspecified atom stereocenters. The molecule has 0 radical (unpaired) electrons. The topological polar surface area (TPSA) is 50.5 Å². The third kappa shape index (κ3) is 4.93. The van der Waals surface area contributed by atoms with E-state index in [0.29, 0.717) is 20.9 Å². The molecule has 0 bridgehead atoms. The number of fused-ring (bicyclic) bond motifs is 6. The summed E-state index contributed by atoms with van der Waals surface area (Å²) in [6, 6.07) is 55.6. The van der Waals surface area contributed by atoms with Gasteiger partial charge in [0.05, 0.1) is 9.81 Å². The first kappa shape index (κ1) is 32.2. The molecule has 1 aromatic heterocycles. The SMILES string of the molecule is CC1(C)c2ccccc2-c2ccc(N(c3ccc(C4=CC=C(c5ccccc5)S4(=O)=O)cc3)c3ccc(-c4cccc5c4oc4ccccc45)cc3)cc21. The van der Waals surface area contributed by atoms with Gasteiger partial charge in [0.1, 0.15) is 11.2 Å². The van der Waals surface area contributed by atoms with Crippen LogP contribution < -0.4 is 4.90 Å². The van der Waals surface area contributed by atoms with Crippen LogP contribution in [0.5, 0.6) is 0 Å². The molecule has 0 saturated heterocycles. The number of hydrogen-bond donors (Lipinski definition) is 0. The summed E-state index contributed by atoms with van der Waals surface area (Å²) in [7, 11) is -3.67. The molecule has 0 fully saturated rings. The van der Waals surface area contributed by atoms with E-state index < -0.39 is 9.84 Å². The molecule has 260 valence electrons. The number of hydrogen-bond acceptors (Lipinski definition) is 4. The Morgan fingerprint density at radius 1 is 0.481 bits per heavy atom. The lowest BCUT2D eigenvalue weighted by Crippen LogP contribution is -2.16. The van der Waals surface area contributed by atoms with Gasteiger partial charge in [-0.2, -0.15) is 0 Å². The molecule has 0 spiro atoms. The molecule has 1 aliphatic carbocycles. The molecule has 2 aliphatic rings. The van der Waals surface area contributed by atoms with Gasteiger partial charge in [0.2, 0.25) is 9.84 Å². The first-order valence-corrected chi connectivity index (χ1v) is 19.7. The van der Waals surface area contributed by atoms with Crippen molar-refractivity contribution in [2.24, 2.45) is 0 Å². The highest BCUT2D eigenvalue weighted by atomic mass is 32.2. The Labute approximate surface area is 314 Å². The molecule has 8 aromatic rings. The molecular formula is C49H35NO3S. The lowest BCUT2D eigenvalue weighted by molar-refractivity contribution is 0.615. The Hall–Kier alpha value is -6.43. The molecule has 54 heavy (non-hydrogen) atoms. The van der Waals surface area contributed by atoms with Gasteiger partial charge in [-0.05, 0) is 93.6 Å². The number of anilines is 3. The zero-order valence-electron chi connectivity index (χ0n) is 29.8. The highest BCUT2D eigenvalue weighted by molar-refractivity contribution is 8.09. The number of nitrogens with zero attached hydrogens (tertiary/aromatic N) is 1. The van der Waals surface area contributed by atoms with Gasteiger partial charge < -0.3 is 9.32 Å². The average Bonchev–Trinajstić information content (AvgIpc) is 3.82. The number of furan rings is 1. The minimum absolute atomic E-state index is 0.167. The van der Waals surface area contributed by atoms with Crippen molar-refractivity contribution in [1.82, 2.24) is 0 Å². The van der Waals surface area contributed by atoms with Crippen LogP contribution >= 0.6 is 0 Å². The van der Waals surface area contributed by atoms with E-state index in [1.807, 2.05) is 72.8 Å². The maximum Gasteiger partial charge on any atom is 0.207 e. The van der Waals surface area contributed by atoms with Crippen molar-refractivity contribution in [2.75, 3.05) is 4.90 Å². The second-order valence-electron chi connectivity index (χ2n) is 14.5. The van der Waals surface area contributed by atoms with Crippen molar-refractivity contribution < 1.29 is 12.8 Å². The number of benzene rings is 7. The van der Waals surface area contributed by atoms with E-state index >= 15 is 0 Å². The van der Waals surface area contributed by atoms with Crippen LogP contribution in [0, 0.1) is 0 Å². The lowest BCUT2D eigenvalue weighted by atomic mass is 9.82. The number of rotatable bonds is 6. The van der Waals surface area contributed by atoms with Crippen LogP contribution in [-0.4, -0.2) is 8.42 Å². The van der Waals surface area contributed by atoms with Crippen LogP contribution in [0.25, 0.3) is 54.0 Å². The predicted octanol–water partition coefficient (Wildman–Crippen LogP) is 12.8. The van der Waals surface area contributed by atoms with Crippen molar-refractivity contribution in [3.05, 3.63) is 198 Å². The highest BCUT2D eigenvalue weighted by Crippen LogP contribution is 2.51. The van der Waals surface area contributed by atoms with Crippen molar-refractivity contribution in [3.63, 3.8) is 0 Å². The van der Waals surface area contributed by atoms with Gasteiger partial charge in [0.25, 0.3) is 0 Å². The van der Waals surface area contributed by atoms with Crippen molar-refractivity contribution in [2.45, 2.75) is 19.3 Å². The van der Waals surface area contributed by atoms with E-state index in [0.717, 1.165) is 50.1 Å². The van der Waals surface area contributed by atoms with Crippen LogP contribution in [0.1, 0.15) is 36.1 Å². The quantitative estimate of drug-likeness (QED) is 0.172. The first-order valence-electron chi connectivity index (χ1n) is 18.2. The summed E-state index contributed by atoms with van der Waals surface area (Å²) in [5.74, 6) is 0. The minimum Gasteiger partial charge on any atom is -0.455 e. The summed E-state index contributed by atoms with van der Waals surface area (Å²) in [6.07, 6.45) is 3.42. The van der Waals surface area contributed by atoms with Crippen LogP contribution in [0.15, 0.2) is 180 Å². The summed E-state index contributed by atoms with van der Waals surface area (Å²) in [5, 5.41) is 2.21. The van der Waals surface area contributed by atoms with Crippen LogP contribution in [0.3, 0.4) is 0 Å². The smallest absolute Gasteiger partial charge is 0.207 e. The maximum atomic E-state index is 13.7. The van der Waals surface area contributed by atoms with E-state index in [1.54, 1.807) is 12.2 Å². The third-order valence-electron chi connectivity index (χ3n) is 11.1. The Morgan fingerprint density at radius 2 is 1.04 bits per heavy atom. The molecule has 0 saturated carbocycles. The zero-order valence-corrected chi connectivity index (χ0v) is 30.6. The van der Waals surface area contributed by atoms with Crippen molar-refractivity contribution in [3.8, 4) is 22.3 Å². The fraction of sp³-hybridized carbons (Fsp3) is 0.0612. The van der Waals surface area contributed by atoms with Gasteiger partial charge in [0.15, 0.2) is 0 Å². The Balaban J connectivity index is 1.06. The third-order valence-corrected chi connectivity index (χ3v) is 13.0. The van der Waals surface area contributed by atoms with E-state index in [1.165, 1.54) is 22.3 Å². The monoisotopic (exact) mass is 717 g/mol. The first-order chi connectivity index (χ1) is 26.3. The Kier molecular flexibility index (Phi) is 7.20. The van der Waals surface area contributed by atoms with Crippen LogP contribution in [0.2, 0.25) is 0 Å². The van der Waals surface area contributed by atoms with Crippen LogP contribution in [-0.2, 0) is 15.3 Å². The Morgan fingerprint density at radius 3 is 1.78 bits per heavy atom. The molecular weight excluding hydrogens is 683 g/mol. The zero-order chi connectivity index (χ0) is 36.6. The van der Waals surface area contributed by atoms with E-state index in [2.05, 4.69) is 110 Å². The molecule has 7 aromatic carbocycles. The van der Waals surface area contributed by atoms with Crippen molar-refractivity contribution >= 4 is 58.6 Å². The summed E-state index contributed by atoms with van der Waals surface area (Å²) in [6.45, 7) is 4.59. The van der Waals surface area contributed by atoms with E-state index in [-0.39, 0.29) is 5.41 Å². The van der Waals surface area contributed by atoms with Crippen LogP contribution in [0.4, 0.5) is 17.1 Å². The molecule has 1 aliphatic heterocycles. The standard InChI is InChI=1S/C49H35NO3S/c1-49(2)43-17-8-6-13-39(43)40-28-27-37(31-44(40)49)50(36-25-21-34(22-26-36)47-30-29-46(54(47,51)52)33-11-4-3-5-12-33)35-23-19-32(20-24-35)38-15-10-16-42-41-14-7-9-18-45(41)53-48(38)42/h3-31H,1-2H3. The second-order valence-corrected chi connectivity index (χ2v) is 16.4. The second kappa shape index (κ2) is 12.1. The Bertz CT molecular complexity index is 2950. The van der Waals surface area contributed by atoms with Gasteiger partial charge in [-0.25, -0.2) is 8.42 Å². The van der Waals surface area contributed by atoms with Gasteiger partial charge in [0, 0.05) is 38.8 Å². The lowest BCUT2D eigenvalue weighted by Gasteiger charge is -2.28. The van der Waals surface area contributed by atoms with Crippen molar-refractivity contribution in [1.29, 1.82) is 0 Å². The number of allylic oxidation sites excluding steroid dienone is 2. The fourth-order valence-electron chi connectivity index (χ4n) is 8.37. The van der Waals surface area contributed by atoms with Gasteiger partial charge in [-0.3, -0.25) is 0 Å². The molecule has 10 rings (SSSR count). The minimum atomic E-state index is -3.67. The molecule has 0 atom stereocenters. The number of para-hydroxylation sites is 2. The highest BCUT2D eigenvalue weighted by Gasteiger charge is 2.36. The summed E-state index contributed by atoms with van der Waals surface area (Å²) >= 11 is 0. The molecule has 5 heteroatoms. The van der Waals surface area contributed by atoms with E-state index in [4.69, 9.17) is 4.42 Å². The molecule has 0 N–H and O–H groups in total. The normalized spacial score (nSPS) is 15.1. The predicted molar refractivity (Wildman–Crippen MR) is 223 cm³/mol. The van der Waals surface area contributed by atoms with Gasteiger partial charge in [-0.15, -0.1) is 0 Å². The molecule has 4 nitrogen and oxygen atoms in total. The maximum absolute atomic E-state index is 13.7. The molecule has 0 amide bonds. The summed E-state index contributed by atoms with van der Waals surface area (Å²) in [5.41, 5.74) is 13.1.